The number of likely N-dealkylation sites (N-methyl/N-ethyl adjacent to an activating group) is 1. The van der Waals surface area contributed by atoms with Crippen LogP contribution in [-0.2, 0) is 4.79 Å². The summed E-state index contributed by atoms with van der Waals surface area (Å²) < 4.78 is 12.1. The molecule has 0 fully saturated rings. The van der Waals surface area contributed by atoms with E-state index >= 15 is 0 Å². The van der Waals surface area contributed by atoms with Gasteiger partial charge in [-0.15, -0.1) is 0 Å². The summed E-state index contributed by atoms with van der Waals surface area (Å²) in [5, 5.41) is 2.53. The van der Waals surface area contributed by atoms with Crippen molar-refractivity contribution in [2.45, 2.75) is 6.92 Å². The van der Waals surface area contributed by atoms with E-state index in [1.54, 1.807) is 6.92 Å². The van der Waals surface area contributed by atoms with Gasteiger partial charge in [0.1, 0.15) is 0 Å². The Labute approximate surface area is 94.1 Å². The minimum atomic E-state index is -0.353. The molecule has 0 rings (SSSR count). The van der Waals surface area contributed by atoms with Crippen LogP contribution in [0.2, 0.25) is 0 Å². The third kappa shape index (κ3) is 5.92. The lowest BCUT2D eigenvalue weighted by molar-refractivity contribution is -0.117. The molecule has 0 saturated carbocycles. The maximum absolute atomic E-state index is 12.1. The maximum atomic E-state index is 12.1. The zero-order valence-electron chi connectivity index (χ0n) is 9.24. The van der Waals surface area contributed by atoms with Crippen molar-refractivity contribution in [3.05, 3.63) is 23.7 Å². The van der Waals surface area contributed by atoms with Gasteiger partial charge in [0.05, 0.1) is 18.6 Å². The van der Waals surface area contributed by atoms with E-state index in [0.717, 1.165) is 0 Å². The fourth-order valence-corrected chi connectivity index (χ4v) is 0.785. The Balaban J connectivity index is 4.16. The molecule has 0 aromatic heterocycles. The molecule has 6 heteroatoms. The molecule has 0 heterocycles. The fraction of sp³-hybridized carbons (Fsp3) is 0.400. The molecule has 0 aromatic rings. The van der Waals surface area contributed by atoms with Crippen LogP contribution in [0.15, 0.2) is 28.7 Å². The van der Waals surface area contributed by atoms with Crippen molar-refractivity contribution < 1.29 is 9.18 Å². The monoisotopic (exact) mass is 228 g/mol. The van der Waals surface area contributed by atoms with Gasteiger partial charge >= 0.3 is 0 Å². The van der Waals surface area contributed by atoms with Crippen LogP contribution in [0.4, 0.5) is 4.39 Å². The molecule has 0 radical (unpaired) electrons. The summed E-state index contributed by atoms with van der Waals surface area (Å²) in [5.74, 6) is -0.353. The summed E-state index contributed by atoms with van der Waals surface area (Å²) in [6.07, 6.45) is 3.13. The molecule has 0 atom stereocenters. The van der Waals surface area contributed by atoms with Crippen LogP contribution in [0, 0.1) is 0 Å². The van der Waals surface area contributed by atoms with Crippen LogP contribution >= 0.6 is 0 Å². The molecular weight excluding hydrogens is 211 g/mol. The third-order valence-electron chi connectivity index (χ3n) is 1.67. The minimum absolute atomic E-state index is 0.0594. The number of hydrogen-bond acceptors (Lipinski definition) is 4. The van der Waals surface area contributed by atoms with E-state index in [4.69, 9.17) is 11.5 Å². The van der Waals surface area contributed by atoms with Gasteiger partial charge in [0, 0.05) is 19.3 Å². The van der Waals surface area contributed by atoms with Crippen LogP contribution in [0.5, 0.6) is 0 Å². The first kappa shape index (κ1) is 14.3. The normalized spacial score (nSPS) is 13.2. The lowest BCUT2D eigenvalue weighted by Crippen LogP contribution is -2.28. The van der Waals surface area contributed by atoms with Gasteiger partial charge in [-0.2, -0.15) is 0 Å². The maximum Gasteiger partial charge on any atom is 0.267 e. The SMILES string of the molecule is CCNC(=O)C(N)=CC=NC/C(=C/F)CN. The van der Waals surface area contributed by atoms with E-state index in [-0.39, 0.29) is 24.7 Å². The fourth-order valence-electron chi connectivity index (χ4n) is 0.785. The summed E-state index contributed by atoms with van der Waals surface area (Å²) >= 11 is 0. The van der Waals surface area contributed by atoms with Gasteiger partial charge in [0.15, 0.2) is 0 Å². The Morgan fingerprint density at radius 2 is 2.25 bits per heavy atom. The van der Waals surface area contributed by atoms with E-state index in [1.807, 2.05) is 0 Å². The minimum Gasteiger partial charge on any atom is -0.394 e. The first-order chi connectivity index (χ1) is 7.65. The number of amides is 1. The predicted molar refractivity (Wildman–Crippen MR) is 62.6 cm³/mol. The second kappa shape index (κ2) is 8.60. The predicted octanol–water partition coefficient (Wildman–Crippen LogP) is -0.152. The van der Waals surface area contributed by atoms with E-state index < -0.39 is 0 Å². The second-order valence-corrected chi connectivity index (χ2v) is 2.94. The van der Waals surface area contributed by atoms with Crippen molar-refractivity contribution in [3.63, 3.8) is 0 Å². The highest BCUT2D eigenvalue weighted by atomic mass is 19.1. The molecule has 0 saturated heterocycles. The van der Waals surface area contributed by atoms with Gasteiger partial charge < -0.3 is 16.8 Å². The molecule has 0 unspecified atom stereocenters. The van der Waals surface area contributed by atoms with Crippen LogP contribution in [0.25, 0.3) is 0 Å². The summed E-state index contributed by atoms with van der Waals surface area (Å²) in [6, 6.07) is 0. The van der Waals surface area contributed by atoms with Crippen LogP contribution in [-0.4, -0.2) is 31.8 Å². The molecular formula is C10H17FN4O. The molecule has 1 amide bonds. The molecule has 0 aliphatic rings. The zero-order valence-corrected chi connectivity index (χ0v) is 9.24. The van der Waals surface area contributed by atoms with Crippen molar-refractivity contribution in [2.24, 2.45) is 16.5 Å². The van der Waals surface area contributed by atoms with Crippen LogP contribution in [0.1, 0.15) is 6.92 Å². The first-order valence-electron chi connectivity index (χ1n) is 4.87. The number of nitrogens with two attached hydrogens (primary N) is 2. The standard InChI is InChI=1S/C10H17FN4O/c1-2-15-10(16)9(13)3-4-14-7-8(5-11)6-12/h3-5H,2,6-7,12-13H2,1H3,(H,15,16)/b8-5+,9-3?,14-4?. The lowest BCUT2D eigenvalue weighted by Gasteiger charge is -1.99. The van der Waals surface area contributed by atoms with Crippen LogP contribution < -0.4 is 16.8 Å². The van der Waals surface area contributed by atoms with Gasteiger partial charge in [-0.1, -0.05) is 0 Å². The molecule has 5 N–H and O–H groups in total. The van der Waals surface area contributed by atoms with Gasteiger partial charge in [0.25, 0.3) is 5.91 Å². The van der Waals surface area contributed by atoms with Gasteiger partial charge in [-0.05, 0) is 18.6 Å². The number of nitrogens with one attached hydrogen (secondary N) is 1. The number of hydrogen-bond donors (Lipinski definition) is 3. The molecule has 0 aliphatic carbocycles. The number of halogens is 1. The Bertz CT molecular complexity index is 310. The van der Waals surface area contributed by atoms with E-state index in [9.17, 15) is 9.18 Å². The average Bonchev–Trinajstić information content (AvgIpc) is 2.29. The van der Waals surface area contributed by atoms with Crippen molar-refractivity contribution >= 4 is 12.1 Å². The Kier molecular flexibility index (Phi) is 7.70. The summed E-state index contributed by atoms with van der Waals surface area (Å²) in [5.41, 5.74) is 11.1. The number of nitrogens with zero attached hydrogens (tertiary/aromatic N) is 1. The van der Waals surface area contributed by atoms with Crippen molar-refractivity contribution in [1.82, 2.24) is 5.32 Å². The molecule has 16 heavy (non-hydrogen) atoms. The Hall–Kier alpha value is -1.69. The van der Waals surface area contributed by atoms with Crippen LogP contribution in [0.3, 0.4) is 0 Å². The molecule has 0 aromatic carbocycles. The topological polar surface area (TPSA) is 93.5 Å². The highest BCUT2D eigenvalue weighted by Gasteiger charge is 2.00. The van der Waals surface area contributed by atoms with E-state index in [0.29, 0.717) is 18.4 Å². The Morgan fingerprint density at radius 1 is 1.56 bits per heavy atom. The van der Waals surface area contributed by atoms with E-state index in [2.05, 4.69) is 10.3 Å². The lowest BCUT2D eigenvalue weighted by atomic mass is 10.3. The third-order valence-corrected chi connectivity index (χ3v) is 1.67. The average molecular weight is 228 g/mol. The highest BCUT2D eigenvalue weighted by molar-refractivity contribution is 5.96. The quantitative estimate of drug-likeness (QED) is 0.436. The smallest absolute Gasteiger partial charge is 0.267 e. The van der Waals surface area contributed by atoms with E-state index in [1.165, 1.54) is 12.3 Å². The zero-order chi connectivity index (χ0) is 12.4. The first-order valence-corrected chi connectivity index (χ1v) is 4.87. The number of carbonyl (C=O) groups excluding carboxylic acids is 1. The molecule has 0 spiro atoms. The summed E-state index contributed by atoms with van der Waals surface area (Å²) in [6.45, 7) is 2.57. The van der Waals surface area contributed by atoms with Crippen molar-refractivity contribution in [2.75, 3.05) is 19.6 Å². The number of allylic oxidation sites excluding steroid dienone is 1. The highest BCUT2D eigenvalue weighted by Crippen LogP contribution is 1.92. The summed E-state index contributed by atoms with van der Waals surface area (Å²) in [7, 11) is 0. The number of carbonyl (C=O) groups is 1. The van der Waals surface area contributed by atoms with Gasteiger partial charge in [-0.3, -0.25) is 9.79 Å². The number of aliphatic imine (C=N–C) groups is 1. The van der Waals surface area contributed by atoms with Gasteiger partial charge in [0.2, 0.25) is 0 Å². The molecule has 5 nitrogen and oxygen atoms in total. The molecule has 0 bridgehead atoms. The molecule has 90 valence electrons. The Morgan fingerprint density at radius 3 is 2.75 bits per heavy atom. The van der Waals surface area contributed by atoms with Crippen molar-refractivity contribution in [1.29, 1.82) is 0 Å². The van der Waals surface area contributed by atoms with Crippen molar-refractivity contribution in [3.8, 4) is 0 Å². The van der Waals surface area contributed by atoms with Gasteiger partial charge in [-0.25, -0.2) is 4.39 Å². The molecule has 0 aliphatic heterocycles. The second-order valence-electron chi connectivity index (χ2n) is 2.94. The number of rotatable bonds is 6. The largest absolute Gasteiger partial charge is 0.394 e. The summed E-state index contributed by atoms with van der Waals surface area (Å²) in [4.78, 5) is 15.0.